The molecule has 1 aromatic heterocycles. The highest BCUT2D eigenvalue weighted by Gasteiger charge is 2.31. The van der Waals surface area contributed by atoms with Crippen LogP contribution in [-0.2, 0) is 9.53 Å². The molecule has 0 bridgehead atoms. The Labute approximate surface area is 116 Å². The lowest BCUT2D eigenvalue weighted by Crippen LogP contribution is -2.48. The summed E-state index contributed by atoms with van der Waals surface area (Å²) in [4.78, 5) is 28.8. The number of aliphatic carboxylic acids is 1. The van der Waals surface area contributed by atoms with Crippen molar-refractivity contribution in [3.63, 3.8) is 0 Å². The number of carbonyl (C=O) groups is 2. The van der Waals surface area contributed by atoms with E-state index in [0.717, 1.165) is 0 Å². The Morgan fingerprint density at radius 2 is 2.40 bits per heavy atom. The molecule has 1 amide bonds. The fourth-order valence-corrected chi connectivity index (χ4v) is 1.96. The van der Waals surface area contributed by atoms with Gasteiger partial charge in [-0.25, -0.2) is 9.78 Å². The number of ether oxygens (including phenoxy) is 2. The van der Waals surface area contributed by atoms with Gasteiger partial charge in [0.15, 0.2) is 17.5 Å². The van der Waals surface area contributed by atoms with Crippen molar-refractivity contribution in [2.45, 2.75) is 13.0 Å². The number of pyridine rings is 1. The maximum Gasteiger partial charge on any atom is 0.334 e. The zero-order chi connectivity index (χ0) is 14.5. The minimum absolute atomic E-state index is 0.0102. The van der Waals surface area contributed by atoms with Gasteiger partial charge in [-0.15, -0.1) is 0 Å². The molecule has 0 spiro atoms. The summed E-state index contributed by atoms with van der Waals surface area (Å²) < 4.78 is 10.5. The van der Waals surface area contributed by atoms with Gasteiger partial charge in [0, 0.05) is 12.7 Å². The number of nitrogens with zero attached hydrogens (tertiary/aromatic N) is 2. The van der Waals surface area contributed by atoms with Gasteiger partial charge in [-0.2, -0.15) is 0 Å². The lowest BCUT2D eigenvalue weighted by atomic mass is 10.2. The van der Waals surface area contributed by atoms with E-state index in [4.69, 9.17) is 14.6 Å². The van der Waals surface area contributed by atoms with Crippen LogP contribution in [0.15, 0.2) is 18.3 Å². The number of aromatic nitrogens is 1. The predicted molar refractivity (Wildman–Crippen MR) is 68.7 cm³/mol. The molecule has 1 saturated heterocycles. The normalized spacial score (nSPS) is 18.6. The van der Waals surface area contributed by atoms with E-state index in [1.54, 1.807) is 12.1 Å². The molecule has 2 rings (SSSR count). The number of morpholine rings is 1. The number of hydrogen-bond acceptors (Lipinski definition) is 5. The van der Waals surface area contributed by atoms with Crippen LogP contribution in [-0.4, -0.2) is 59.3 Å². The number of carboxylic acid groups (broad SMARTS) is 1. The average Bonchev–Trinajstić information content (AvgIpc) is 2.47. The highest BCUT2D eigenvalue weighted by atomic mass is 16.5. The summed E-state index contributed by atoms with van der Waals surface area (Å²) in [5.74, 6) is -1.02. The predicted octanol–water partition coefficient (Wildman–Crippen LogP) is 0.406. The summed E-state index contributed by atoms with van der Waals surface area (Å²) in [6, 6.07) is 3.35. The minimum Gasteiger partial charge on any atom is -0.491 e. The van der Waals surface area contributed by atoms with E-state index in [9.17, 15) is 9.59 Å². The number of amides is 1. The highest BCUT2D eigenvalue weighted by Crippen LogP contribution is 2.19. The molecule has 20 heavy (non-hydrogen) atoms. The summed E-state index contributed by atoms with van der Waals surface area (Å²) in [5.41, 5.74) is 0.195. The number of rotatable bonds is 4. The fourth-order valence-electron chi connectivity index (χ4n) is 1.96. The topological polar surface area (TPSA) is 89.0 Å². The number of carboxylic acids is 1. The lowest BCUT2D eigenvalue weighted by molar-refractivity contribution is -0.154. The lowest BCUT2D eigenvalue weighted by Gasteiger charge is -2.30. The summed E-state index contributed by atoms with van der Waals surface area (Å²) >= 11 is 0. The van der Waals surface area contributed by atoms with E-state index in [-0.39, 0.29) is 24.8 Å². The molecule has 1 N–H and O–H groups in total. The largest absolute Gasteiger partial charge is 0.491 e. The van der Waals surface area contributed by atoms with Crippen molar-refractivity contribution in [3.8, 4) is 5.75 Å². The molecule has 1 aromatic rings. The quantitative estimate of drug-likeness (QED) is 0.859. The Bertz CT molecular complexity index is 505. The van der Waals surface area contributed by atoms with Crippen LogP contribution in [0.4, 0.5) is 0 Å². The number of hydrogen-bond donors (Lipinski definition) is 1. The summed E-state index contributed by atoms with van der Waals surface area (Å²) in [7, 11) is 0. The molecule has 1 atom stereocenters. The first-order valence-corrected chi connectivity index (χ1v) is 6.35. The van der Waals surface area contributed by atoms with Crippen molar-refractivity contribution >= 4 is 11.9 Å². The van der Waals surface area contributed by atoms with Gasteiger partial charge in [0.25, 0.3) is 5.91 Å². The summed E-state index contributed by atoms with van der Waals surface area (Å²) in [5, 5.41) is 8.94. The second-order valence-corrected chi connectivity index (χ2v) is 4.23. The fraction of sp³-hybridized carbons (Fsp3) is 0.462. The van der Waals surface area contributed by atoms with Crippen LogP contribution in [0.25, 0.3) is 0 Å². The third-order valence-corrected chi connectivity index (χ3v) is 2.90. The van der Waals surface area contributed by atoms with Crippen LogP contribution < -0.4 is 4.74 Å². The molecule has 108 valence electrons. The molecule has 1 aliphatic rings. The van der Waals surface area contributed by atoms with E-state index in [1.807, 2.05) is 6.92 Å². The zero-order valence-corrected chi connectivity index (χ0v) is 11.1. The molecule has 7 heteroatoms. The van der Waals surface area contributed by atoms with Gasteiger partial charge in [0.05, 0.1) is 19.8 Å². The Balaban J connectivity index is 2.16. The molecule has 0 unspecified atom stereocenters. The van der Waals surface area contributed by atoms with Gasteiger partial charge in [-0.1, -0.05) is 0 Å². The van der Waals surface area contributed by atoms with Crippen LogP contribution in [0.2, 0.25) is 0 Å². The van der Waals surface area contributed by atoms with E-state index in [1.165, 1.54) is 11.1 Å². The van der Waals surface area contributed by atoms with Crippen molar-refractivity contribution in [1.82, 2.24) is 9.88 Å². The summed E-state index contributed by atoms with van der Waals surface area (Å²) in [6.07, 6.45) is 0.511. The van der Waals surface area contributed by atoms with E-state index in [0.29, 0.717) is 18.9 Å². The first-order valence-electron chi connectivity index (χ1n) is 6.35. The SMILES string of the molecule is CCOc1cccnc1C(=O)N1CCO[C@H](C(=O)O)C1. The van der Waals surface area contributed by atoms with E-state index >= 15 is 0 Å². The smallest absolute Gasteiger partial charge is 0.334 e. The van der Waals surface area contributed by atoms with Crippen LogP contribution in [0.1, 0.15) is 17.4 Å². The molecule has 0 aliphatic carbocycles. The molecule has 0 aromatic carbocycles. The monoisotopic (exact) mass is 280 g/mol. The van der Waals surface area contributed by atoms with E-state index in [2.05, 4.69) is 4.98 Å². The molecule has 0 radical (unpaired) electrons. The van der Waals surface area contributed by atoms with Crippen LogP contribution >= 0.6 is 0 Å². The number of carbonyl (C=O) groups excluding carboxylic acids is 1. The van der Waals surface area contributed by atoms with Crippen LogP contribution in [0, 0.1) is 0 Å². The van der Waals surface area contributed by atoms with Gasteiger partial charge in [0.1, 0.15) is 0 Å². The van der Waals surface area contributed by atoms with Gasteiger partial charge < -0.3 is 19.5 Å². The molecular weight excluding hydrogens is 264 g/mol. The maximum absolute atomic E-state index is 12.4. The highest BCUT2D eigenvalue weighted by molar-refractivity contribution is 5.95. The molecule has 2 heterocycles. The van der Waals surface area contributed by atoms with Crippen LogP contribution in [0.3, 0.4) is 0 Å². The minimum atomic E-state index is -1.08. The first-order chi connectivity index (χ1) is 9.63. The molecule has 7 nitrogen and oxygen atoms in total. The average molecular weight is 280 g/mol. The van der Waals surface area contributed by atoms with Gasteiger partial charge in [-0.05, 0) is 19.1 Å². The van der Waals surface area contributed by atoms with Crippen molar-refractivity contribution in [2.24, 2.45) is 0 Å². The third-order valence-electron chi connectivity index (χ3n) is 2.90. The van der Waals surface area contributed by atoms with Crippen molar-refractivity contribution in [1.29, 1.82) is 0 Å². The molecule has 0 saturated carbocycles. The summed E-state index contributed by atoms with van der Waals surface area (Å²) in [6.45, 7) is 2.78. The second kappa shape index (κ2) is 6.33. The van der Waals surface area contributed by atoms with Gasteiger partial charge >= 0.3 is 5.97 Å². The zero-order valence-electron chi connectivity index (χ0n) is 11.1. The second-order valence-electron chi connectivity index (χ2n) is 4.23. The van der Waals surface area contributed by atoms with Gasteiger partial charge in [0.2, 0.25) is 0 Å². The van der Waals surface area contributed by atoms with Crippen molar-refractivity contribution in [2.75, 3.05) is 26.3 Å². The third kappa shape index (κ3) is 3.05. The maximum atomic E-state index is 12.4. The first kappa shape index (κ1) is 14.3. The van der Waals surface area contributed by atoms with Crippen molar-refractivity contribution < 1.29 is 24.2 Å². The molecular formula is C13H16N2O5. The Morgan fingerprint density at radius 3 is 3.10 bits per heavy atom. The van der Waals surface area contributed by atoms with Crippen LogP contribution in [0.5, 0.6) is 5.75 Å². The van der Waals surface area contributed by atoms with E-state index < -0.39 is 12.1 Å². The van der Waals surface area contributed by atoms with Gasteiger partial charge in [-0.3, -0.25) is 4.79 Å². The molecule has 1 aliphatic heterocycles. The van der Waals surface area contributed by atoms with Crippen molar-refractivity contribution in [3.05, 3.63) is 24.0 Å². The Kier molecular flexibility index (Phi) is 4.52. The Hall–Kier alpha value is -2.15. The Morgan fingerprint density at radius 1 is 1.60 bits per heavy atom. The standard InChI is InChI=1S/C13H16N2O5/c1-2-19-9-4-3-5-14-11(9)12(16)15-6-7-20-10(8-15)13(17)18/h3-5,10H,2,6-8H2,1H3,(H,17,18)/t10-/m0/s1. The molecule has 1 fully saturated rings.